The van der Waals surface area contributed by atoms with E-state index in [1.54, 1.807) is 10.4 Å². The van der Waals surface area contributed by atoms with Crippen LogP contribution in [-0.2, 0) is 10.0 Å². The first-order chi connectivity index (χ1) is 15.4. The third-order valence-electron chi connectivity index (χ3n) is 5.81. The van der Waals surface area contributed by atoms with Gasteiger partial charge in [0.2, 0.25) is 10.0 Å². The van der Waals surface area contributed by atoms with E-state index in [0.29, 0.717) is 49.6 Å². The van der Waals surface area contributed by atoms with Gasteiger partial charge in [-0.1, -0.05) is 31.5 Å². The molecule has 1 saturated heterocycles. The van der Waals surface area contributed by atoms with Gasteiger partial charge in [-0.05, 0) is 43.2 Å². The van der Waals surface area contributed by atoms with Gasteiger partial charge in [-0.15, -0.1) is 0 Å². The van der Waals surface area contributed by atoms with Crippen LogP contribution in [-0.4, -0.2) is 54.6 Å². The largest absolute Gasteiger partial charge is 0.353 e. The second kappa shape index (κ2) is 9.23. The zero-order valence-corrected chi connectivity index (χ0v) is 19.3. The average molecular weight is 450 g/mol. The van der Waals surface area contributed by atoms with E-state index in [4.69, 9.17) is 9.97 Å². The third-order valence-corrected chi connectivity index (χ3v) is 7.76. The maximum atomic E-state index is 12.6. The van der Waals surface area contributed by atoms with Gasteiger partial charge in [0.25, 0.3) is 0 Å². The zero-order valence-electron chi connectivity index (χ0n) is 18.5. The predicted octanol–water partition coefficient (Wildman–Crippen LogP) is 3.73. The maximum Gasteiger partial charge on any atom is 0.214 e. The van der Waals surface area contributed by atoms with Gasteiger partial charge in [0.05, 0.1) is 22.9 Å². The first kappa shape index (κ1) is 22.2. The lowest BCUT2D eigenvalue weighted by Crippen LogP contribution is -2.49. The van der Waals surface area contributed by atoms with Crippen LogP contribution in [0.2, 0.25) is 0 Å². The number of rotatable bonds is 6. The fraction of sp³-hybridized carbons (Fsp3) is 0.375. The standard InChI is InChI=1S/C24H27N5O2S/c1-3-4-15-32(30,31)29-13-11-28(12-14-29)24-21-10-9-18(2)16-22(21)26-23(27-24)20-8-6-5-7-19(20)17-25/h5-10,16H,3-4,11-15H2,1-2H3. The Bertz CT molecular complexity index is 1280. The van der Waals surface area contributed by atoms with Crippen molar-refractivity contribution in [1.29, 1.82) is 5.26 Å². The van der Waals surface area contributed by atoms with Gasteiger partial charge in [0.1, 0.15) is 5.82 Å². The molecule has 0 amide bonds. The number of piperazine rings is 1. The van der Waals surface area contributed by atoms with E-state index in [1.807, 2.05) is 50.2 Å². The van der Waals surface area contributed by atoms with Crippen LogP contribution < -0.4 is 4.90 Å². The van der Waals surface area contributed by atoms with E-state index < -0.39 is 10.0 Å². The number of aryl methyl sites for hydroxylation is 1. The van der Waals surface area contributed by atoms with Crippen LogP contribution in [0.25, 0.3) is 22.3 Å². The lowest BCUT2D eigenvalue weighted by atomic mass is 10.1. The third kappa shape index (κ3) is 4.45. The van der Waals surface area contributed by atoms with E-state index >= 15 is 0 Å². The SMILES string of the molecule is CCCCS(=O)(=O)N1CCN(c2nc(-c3ccccc3C#N)nc3cc(C)ccc23)CC1. The Kier molecular flexibility index (Phi) is 6.40. The Morgan fingerprint density at radius 3 is 2.53 bits per heavy atom. The topological polar surface area (TPSA) is 90.2 Å². The average Bonchev–Trinajstić information content (AvgIpc) is 2.82. The number of hydrogen-bond acceptors (Lipinski definition) is 6. The fourth-order valence-corrected chi connectivity index (χ4v) is 5.63. The molecule has 2 heterocycles. The molecule has 0 aliphatic carbocycles. The minimum Gasteiger partial charge on any atom is -0.353 e. The van der Waals surface area contributed by atoms with Crippen molar-refractivity contribution in [2.24, 2.45) is 0 Å². The first-order valence-electron chi connectivity index (χ1n) is 10.9. The number of nitriles is 1. The summed E-state index contributed by atoms with van der Waals surface area (Å²) in [7, 11) is -3.22. The Hall–Kier alpha value is -3.02. The molecular weight excluding hydrogens is 422 g/mol. The quantitative estimate of drug-likeness (QED) is 0.570. The van der Waals surface area contributed by atoms with Crippen molar-refractivity contribution in [2.45, 2.75) is 26.7 Å². The maximum absolute atomic E-state index is 12.6. The monoisotopic (exact) mass is 449 g/mol. The van der Waals surface area contributed by atoms with Gasteiger partial charge in [0.15, 0.2) is 5.82 Å². The summed E-state index contributed by atoms with van der Waals surface area (Å²) in [6, 6.07) is 15.6. The Morgan fingerprint density at radius 2 is 1.81 bits per heavy atom. The van der Waals surface area contributed by atoms with Gasteiger partial charge in [-0.25, -0.2) is 18.4 Å². The van der Waals surface area contributed by atoms with Crippen LogP contribution in [0, 0.1) is 18.3 Å². The normalized spacial score (nSPS) is 15.1. The highest BCUT2D eigenvalue weighted by Crippen LogP contribution is 2.30. The molecule has 4 rings (SSSR count). The van der Waals surface area contributed by atoms with Crippen LogP contribution >= 0.6 is 0 Å². The van der Waals surface area contributed by atoms with E-state index in [2.05, 4.69) is 11.0 Å². The summed E-state index contributed by atoms with van der Waals surface area (Å²) < 4.78 is 26.8. The molecule has 2 aromatic carbocycles. The number of fused-ring (bicyclic) bond motifs is 1. The summed E-state index contributed by atoms with van der Waals surface area (Å²) in [5, 5.41) is 10.5. The van der Waals surface area contributed by atoms with Crippen molar-refractivity contribution in [3.05, 3.63) is 53.6 Å². The van der Waals surface area contributed by atoms with Gasteiger partial charge in [-0.2, -0.15) is 9.57 Å². The smallest absolute Gasteiger partial charge is 0.214 e. The molecule has 32 heavy (non-hydrogen) atoms. The molecule has 0 spiro atoms. The highest BCUT2D eigenvalue weighted by molar-refractivity contribution is 7.89. The highest BCUT2D eigenvalue weighted by Gasteiger charge is 2.28. The van der Waals surface area contributed by atoms with E-state index in [9.17, 15) is 13.7 Å². The van der Waals surface area contributed by atoms with Gasteiger partial charge in [-0.3, -0.25) is 0 Å². The minimum absolute atomic E-state index is 0.203. The van der Waals surface area contributed by atoms with Crippen molar-refractivity contribution in [3.8, 4) is 17.5 Å². The summed E-state index contributed by atoms with van der Waals surface area (Å²) in [6.07, 6.45) is 1.54. The zero-order chi connectivity index (χ0) is 22.7. The van der Waals surface area contributed by atoms with Crippen LogP contribution in [0.15, 0.2) is 42.5 Å². The van der Waals surface area contributed by atoms with E-state index in [1.165, 1.54) is 0 Å². The van der Waals surface area contributed by atoms with E-state index in [-0.39, 0.29) is 5.75 Å². The molecule has 1 fully saturated rings. The number of benzene rings is 2. The predicted molar refractivity (Wildman–Crippen MR) is 127 cm³/mol. The van der Waals surface area contributed by atoms with Crippen molar-refractivity contribution in [1.82, 2.24) is 14.3 Å². The first-order valence-corrected chi connectivity index (χ1v) is 12.5. The summed E-state index contributed by atoms with van der Waals surface area (Å²) in [6.45, 7) is 6.01. The second-order valence-corrected chi connectivity index (χ2v) is 10.2. The van der Waals surface area contributed by atoms with Gasteiger partial charge in [0, 0.05) is 37.1 Å². The molecule has 7 nitrogen and oxygen atoms in total. The molecule has 3 aromatic rings. The number of hydrogen-bond donors (Lipinski definition) is 0. The van der Waals surface area contributed by atoms with Crippen LogP contribution in [0.4, 0.5) is 5.82 Å². The molecule has 0 unspecified atom stereocenters. The van der Waals surface area contributed by atoms with Crippen molar-refractivity contribution >= 4 is 26.7 Å². The van der Waals surface area contributed by atoms with Crippen LogP contribution in [0.3, 0.4) is 0 Å². The number of anilines is 1. The fourth-order valence-electron chi connectivity index (χ4n) is 3.99. The molecular formula is C24H27N5O2S. The molecule has 0 saturated carbocycles. The molecule has 0 bridgehead atoms. The summed E-state index contributed by atoms with van der Waals surface area (Å²) >= 11 is 0. The number of unbranched alkanes of at least 4 members (excludes halogenated alkanes) is 1. The van der Waals surface area contributed by atoms with Crippen molar-refractivity contribution in [3.63, 3.8) is 0 Å². The lowest BCUT2D eigenvalue weighted by molar-refractivity contribution is 0.383. The number of sulfonamides is 1. The molecule has 0 radical (unpaired) electrons. The number of aromatic nitrogens is 2. The van der Waals surface area contributed by atoms with Crippen molar-refractivity contribution < 1.29 is 8.42 Å². The molecule has 1 aliphatic heterocycles. The molecule has 166 valence electrons. The molecule has 1 aromatic heterocycles. The molecule has 0 N–H and O–H groups in total. The van der Waals surface area contributed by atoms with E-state index in [0.717, 1.165) is 28.7 Å². The molecule has 0 atom stereocenters. The number of nitrogens with zero attached hydrogens (tertiary/aromatic N) is 5. The summed E-state index contributed by atoms with van der Waals surface area (Å²) in [4.78, 5) is 11.8. The van der Waals surface area contributed by atoms with Crippen LogP contribution in [0.1, 0.15) is 30.9 Å². The Balaban J connectivity index is 1.71. The second-order valence-electron chi connectivity index (χ2n) is 8.10. The Morgan fingerprint density at radius 1 is 1.06 bits per heavy atom. The molecule has 1 aliphatic rings. The summed E-state index contributed by atoms with van der Waals surface area (Å²) in [5.74, 6) is 1.49. The van der Waals surface area contributed by atoms with Gasteiger partial charge < -0.3 is 4.90 Å². The van der Waals surface area contributed by atoms with Gasteiger partial charge >= 0.3 is 0 Å². The Labute approximate surface area is 189 Å². The lowest BCUT2D eigenvalue weighted by Gasteiger charge is -2.35. The van der Waals surface area contributed by atoms with Crippen molar-refractivity contribution in [2.75, 3.05) is 36.8 Å². The molecule has 8 heteroatoms. The minimum atomic E-state index is -3.22. The summed E-state index contributed by atoms with van der Waals surface area (Å²) in [5.41, 5.74) is 3.13. The highest BCUT2D eigenvalue weighted by atomic mass is 32.2. The van der Waals surface area contributed by atoms with Crippen LogP contribution in [0.5, 0.6) is 0 Å².